The number of hydrogen-bond donors (Lipinski definition) is 1. The van der Waals surface area contributed by atoms with E-state index in [1.807, 2.05) is 6.92 Å². The van der Waals surface area contributed by atoms with E-state index < -0.39 is 40.9 Å². The highest BCUT2D eigenvalue weighted by atomic mass is 19.2. The number of ketones is 1. The molecular weight excluding hydrogens is 447 g/mol. The van der Waals surface area contributed by atoms with E-state index in [1.165, 1.54) is 18.2 Å². The summed E-state index contributed by atoms with van der Waals surface area (Å²) in [6.07, 6.45) is 0.764. The number of amides is 1. The standard InChI is InChI=1S/C26H20F3NO4/c1-2-12-34-19-5-3-4-16(13-19)24(31)22-23(15-6-8-17(27)9-7-15)30(26(33)25(22)32)18-10-11-20(28)21(29)14-18/h3-11,13-14,23,31H,2,12H2,1H3/b24-22+. The van der Waals surface area contributed by atoms with Crippen LogP contribution in [0, 0.1) is 17.5 Å². The number of Topliss-reactive ketones (excluding diaryl/α,β-unsaturated/α-hetero) is 1. The van der Waals surface area contributed by atoms with E-state index in [4.69, 9.17) is 4.74 Å². The molecule has 0 saturated carbocycles. The Kier molecular flexibility index (Phi) is 6.40. The summed E-state index contributed by atoms with van der Waals surface area (Å²) in [6.45, 7) is 2.38. The van der Waals surface area contributed by atoms with Crippen LogP contribution in [0.1, 0.15) is 30.5 Å². The van der Waals surface area contributed by atoms with Gasteiger partial charge in [0.25, 0.3) is 11.7 Å². The van der Waals surface area contributed by atoms with Crippen molar-refractivity contribution in [1.82, 2.24) is 0 Å². The molecule has 0 bridgehead atoms. The SMILES string of the molecule is CCCOc1cccc(/C(O)=C2\C(=O)C(=O)N(c3ccc(F)c(F)c3)C2c2ccc(F)cc2)c1. The molecule has 0 aliphatic carbocycles. The molecule has 1 heterocycles. The zero-order valence-electron chi connectivity index (χ0n) is 18.1. The minimum Gasteiger partial charge on any atom is -0.507 e. The van der Waals surface area contributed by atoms with Gasteiger partial charge in [-0.15, -0.1) is 0 Å². The van der Waals surface area contributed by atoms with Crippen LogP contribution in [-0.2, 0) is 9.59 Å². The fourth-order valence-electron chi connectivity index (χ4n) is 3.80. The third-order valence-electron chi connectivity index (χ3n) is 5.39. The molecule has 1 saturated heterocycles. The summed E-state index contributed by atoms with van der Waals surface area (Å²) < 4.78 is 46.7. The molecule has 1 aliphatic rings. The Balaban J connectivity index is 1.89. The highest BCUT2D eigenvalue weighted by molar-refractivity contribution is 6.51. The first-order valence-electron chi connectivity index (χ1n) is 10.6. The molecule has 3 aromatic rings. The highest BCUT2D eigenvalue weighted by Gasteiger charge is 2.47. The fourth-order valence-corrected chi connectivity index (χ4v) is 3.80. The van der Waals surface area contributed by atoms with E-state index in [-0.39, 0.29) is 16.8 Å². The van der Waals surface area contributed by atoms with Crippen molar-refractivity contribution in [3.63, 3.8) is 0 Å². The van der Waals surface area contributed by atoms with Gasteiger partial charge in [-0.25, -0.2) is 13.2 Å². The number of aliphatic hydroxyl groups is 1. The van der Waals surface area contributed by atoms with Crippen LogP contribution in [-0.4, -0.2) is 23.4 Å². The first-order chi connectivity index (χ1) is 16.3. The van der Waals surface area contributed by atoms with E-state index in [9.17, 15) is 27.9 Å². The van der Waals surface area contributed by atoms with E-state index in [0.717, 1.165) is 41.7 Å². The minimum absolute atomic E-state index is 0.0885. The fraction of sp³-hybridized carbons (Fsp3) is 0.154. The molecule has 1 atom stereocenters. The monoisotopic (exact) mass is 467 g/mol. The number of ether oxygens (including phenoxy) is 1. The molecule has 1 fully saturated rings. The molecule has 174 valence electrons. The predicted molar refractivity (Wildman–Crippen MR) is 120 cm³/mol. The molecule has 1 unspecified atom stereocenters. The molecule has 4 rings (SSSR count). The van der Waals surface area contributed by atoms with Crippen LogP contribution < -0.4 is 9.64 Å². The molecular formula is C26H20F3NO4. The smallest absolute Gasteiger partial charge is 0.300 e. The number of aliphatic hydroxyl groups excluding tert-OH is 1. The molecule has 0 spiro atoms. The number of nitrogens with zero attached hydrogens (tertiary/aromatic N) is 1. The Morgan fingerprint density at radius 3 is 2.38 bits per heavy atom. The molecule has 0 radical (unpaired) electrons. The summed E-state index contributed by atoms with van der Waals surface area (Å²) in [5.41, 5.74) is 0.164. The number of carbonyl (C=O) groups excluding carboxylic acids is 2. The van der Waals surface area contributed by atoms with Crippen LogP contribution in [0.15, 0.2) is 72.3 Å². The van der Waals surface area contributed by atoms with Gasteiger partial charge < -0.3 is 9.84 Å². The van der Waals surface area contributed by atoms with Crippen LogP contribution in [0.25, 0.3) is 5.76 Å². The summed E-state index contributed by atoms with van der Waals surface area (Å²) in [5.74, 6) is -4.95. The van der Waals surface area contributed by atoms with E-state index in [2.05, 4.69) is 0 Å². The average molecular weight is 467 g/mol. The highest BCUT2D eigenvalue weighted by Crippen LogP contribution is 2.42. The zero-order chi connectivity index (χ0) is 24.4. The van der Waals surface area contributed by atoms with Crippen molar-refractivity contribution in [2.45, 2.75) is 19.4 Å². The molecule has 3 aromatic carbocycles. The van der Waals surface area contributed by atoms with Gasteiger partial charge in [0.2, 0.25) is 0 Å². The molecule has 1 amide bonds. The van der Waals surface area contributed by atoms with Crippen LogP contribution in [0.3, 0.4) is 0 Å². The first kappa shape index (κ1) is 23.1. The zero-order valence-corrected chi connectivity index (χ0v) is 18.1. The van der Waals surface area contributed by atoms with Crippen molar-refractivity contribution in [1.29, 1.82) is 0 Å². The second kappa shape index (κ2) is 9.43. The first-order valence-corrected chi connectivity index (χ1v) is 10.6. The van der Waals surface area contributed by atoms with Crippen molar-refractivity contribution in [2.75, 3.05) is 11.5 Å². The van der Waals surface area contributed by atoms with Gasteiger partial charge in [0, 0.05) is 17.3 Å². The molecule has 8 heteroatoms. The second-order valence-electron chi connectivity index (χ2n) is 7.70. The maximum absolute atomic E-state index is 14.0. The van der Waals surface area contributed by atoms with Crippen molar-refractivity contribution >= 4 is 23.1 Å². The lowest BCUT2D eigenvalue weighted by molar-refractivity contribution is -0.132. The van der Waals surface area contributed by atoms with Crippen molar-refractivity contribution in [3.05, 3.63) is 101 Å². The Morgan fingerprint density at radius 2 is 1.71 bits per heavy atom. The Labute approximate surface area is 193 Å². The summed E-state index contributed by atoms with van der Waals surface area (Å²) in [5, 5.41) is 11.1. The Morgan fingerprint density at radius 1 is 0.971 bits per heavy atom. The van der Waals surface area contributed by atoms with Crippen molar-refractivity contribution in [3.8, 4) is 5.75 Å². The summed E-state index contributed by atoms with van der Waals surface area (Å²) >= 11 is 0. The lowest BCUT2D eigenvalue weighted by Crippen LogP contribution is -2.29. The third kappa shape index (κ3) is 4.26. The molecule has 5 nitrogen and oxygen atoms in total. The Bertz CT molecular complexity index is 1290. The summed E-state index contributed by atoms with van der Waals surface area (Å²) in [4.78, 5) is 27.1. The number of carbonyl (C=O) groups is 2. The second-order valence-corrected chi connectivity index (χ2v) is 7.70. The summed E-state index contributed by atoms with van der Waals surface area (Å²) in [6, 6.07) is 12.9. The minimum atomic E-state index is -1.21. The lowest BCUT2D eigenvalue weighted by Gasteiger charge is -2.25. The van der Waals surface area contributed by atoms with Gasteiger partial charge in [-0.2, -0.15) is 0 Å². The Hall–Kier alpha value is -4.07. The van der Waals surface area contributed by atoms with E-state index in [0.29, 0.717) is 17.9 Å². The number of hydrogen-bond acceptors (Lipinski definition) is 4. The maximum atomic E-state index is 14.0. The van der Waals surface area contributed by atoms with Crippen molar-refractivity contribution < 1.29 is 32.6 Å². The van der Waals surface area contributed by atoms with Gasteiger partial charge in [0.15, 0.2) is 11.6 Å². The molecule has 0 aromatic heterocycles. The van der Waals surface area contributed by atoms with Crippen LogP contribution in [0.5, 0.6) is 5.75 Å². The number of halogens is 3. The third-order valence-corrected chi connectivity index (χ3v) is 5.39. The number of anilines is 1. The van der Waals surface area contributed by atoms with Gasteiger partial charge >= 0.3 is 0 Å². The van der Waals surface area contributed by atoms with E-state index >= 15 is 0 Å². The van der Waals surface area contributed by atoms with Crippen molar-refractivity contribution in [2.24, 2.45) is 0 Å². The largest absolute Gasteiger partial charge is 0.507 e. The normalized spacial score (nSPS) is 17.3. The lowest BCUT2D eigenvalue weighted by atomic mass is 9.95. The number of rotatable bonds is 6. The average Bonchev–Trinajstić information content (AvgIpc) is 3.10. The predicted octanol–water partition coefficient (Wildman–Crippen LogP) is 5.52. The summed E-state index contributed by atoms with van der Waals surface area (Å²) in [7, 11) is 0. The van der Waals surface area contributed by atoms with E-state index in [1.54, 1.807) is 18.2 Å². The molecule has 1 N–H and O–H groups in total. The van der Waals surface area contributed by atoms with Crippen LogP contribution in [0.2, 0.25) is 0 Å². The number of benzene rings is 3. The molecule has 1 aliphatic heterocycles. The van der Waals surface area contributed by atoms with Gasteiger partial charge in [0.05, 0.1) is 18.2 Å². The quantitative estimate of drug-likeness (QED) is 0.295. The van der Waals surface area contributed by atoms with Gasteiger partial charge in [-0.05, 0) is 48.4 Å². The maximum Gasteiger partial charge on any atom is 0.300 e. The van der Waals surface area contributed by atoms with Crippen LogP contribution in [0.4, 0.5) is 18.9 Å². The van der Waals surface area contributed by atoms with Gasteiger partial charge in [0.1, 0.15) is 17.3 Å². The van der Waals surface area contributed by atoms with Gasteiger partial charge in [-0.3, -0.25) is 14.5 Å². The van der Waals surface area contributed by atoms with Gasteiger partial charge in [-0.1, -0.05) is 31.2 Å². The molecule has 34 heavy (non-hydrogen) atoms. The van der Waals surface area contributed by atoms with Crippen LogP contribution >= 0.6 is 0 Å². The topological polar surface area (TPSA) is 66.8 Å².